The summed E-state index contributed by atoms with van der Waals surface area (Å²) in [5.41, 5.74) is 1.00. The molecule has 2 atom stereocenters. The van der Waals surface area contributed by atoms with Crippen LogP contribution in [0.5, 0.6) is 0 Å². The van der Waals surface area contributed by atoms with E-state index in [1.165, 1.54) is 32.1 Å². The van der Waals surface area contributed by atoms with Crippen LogP contribution in [0.4, 0.5) is 5.13 Å². The Morgan fingerprint density at radius 1 is 1.45 bits per heavy atom. The van der Waals surface area contributed by atoms with E-state index in [0.29, 0.717) is 12.0 Å². The van der Waals surface area contributed by atoms with Gasteiger partial charge >= 0.3 is 0 Å². The van der Waals surface area contributed by atoms with Gasteiger partial charge in [-0.1, -0.05) is 38.5 Å². The average Bonchev–Trinajstić information content (AvgIpc) is 2.91. The predicted molar refractivity (Wildman–Crippen MR) is 86.1 cm³/mol. The maximum atomic E-state index is 11.3. The number of aldehydes is 1. The van der Waals surface area contributed by atoms with Crippen molar-refractivity contribution in [2.75, 3.05) is 11.4 Å². The molecule has 0 radical (unpaired) electrons. The van der Waals surface area contributed by atoms with Gasteiger partial charge in [-0.3, -0.25) is 4.79 Å². The van der Waals surface area contributed by atoms with E-state index in [1.54, 1.807) is 11.3 Å². The SMILES string of the molecule is CCCC1CCCCN1c1nc(C(C)CC)c(C=O)s1. The lowest BCUT2D eigenvalue weighted by molar-refractivity contribution is 0.112. The van der Waals surface area contributed by atoms with Crippen molar-refractivity contribution in [1.29, 1.82) is 0 Å². The number of hydrogen-bond acceptors (Lipinski definition) is 4. The van der Waals surface area contributed by atoms with Gasteiger partial charge in [0.15, 0.2) is 11.4 Å². The van der Waals surface area contributed by atoms with E-state index in [9.17, 15) is 4.79 Å². The summed E-state index contributed by atoms with van der Waals surface area (Å²) >= 11 is 1.59. The molecule has 1 fully saturated rings. The molecule has 2 unspecified atom stereocenters. The van der Waals surface area contributed by atoms with Crippen molar-refractivity contribution in [3.05, 3.63) is 10.6 Å². The molecule has 0 spiro atoms. The average molecular weight is 294 g/mol. The van der Waals surface area contributed by atoms with E-state index >= 15 is 0 Å². The number of carbonyl (C=O) groups excluding carboxylic acids is 1. The second kappa shape index (κ2) is 7.21. The number of thiazole rings is 1. The first-order valence-corrected chi connectivity index (χ1v) is 8.75. The fourth-order valence-electron chi connectivity index (χ4n) is 2.97. The third-order valence-electron chi connectivity index (χ3n) is 4.35. The van der Waals surface area contributed by atoms with Crippen molar-refractivity contribution >= 4 is 22.8 Å². The zero-order chi connectivity index (χ0) is 14.5. The van der Waals surface area contributed by atoms with Crippen molar-refractivity contribution in [3.63, 3.8) is 0 Å². The third-order valence-corrected chi connectivity index (χ3v) is 5.38. The predicted octanol–water partition coefficient (Wildman–Crippen LogP) is 4.63. The minimum absolute atomic E-state index is 0.370. The molecule has 1 aromatic heterocycles. The lowest BCUT2D eigenvalue weighted by Gasteiger charge is -2.35. The van der Waals surface area contributed by atoms with Crippen LogP contribution in [0.25, 0.3) is 0 Å². The van der Waals surface area contributed by atoms with Crippen LogP contribution in [0.15, 0.2) is 0 Å². The summed E-state index contributed by atoms with van der Waals surface area (Å²) in [6.45, 7) is 7.65. The van der Waals surface area contributed by atoms with Gasteiger partial charge in [0.05, 0.1) is 10.6 Å². The largest absolute Gasteiger partial charge is 0.345 e. The van der Waals surface area contributed by atoms with Gasteiger partial charge in [0.1, 0.15) is 0 Å². The number of aromatic nitrogens is 1. The number of anilines is 1. The lowest BCUT2D eigenvalue weighted by Crippen LogP contribution is -2.39. The highest BCUT2D eigenvalue weighted by molar-refractivity contribution is 7.17. The minimum atomic E-state index is 0.370. The van der Waals surface area contributed by atoms with Crippen LogP contribution in [0.1, 0.15) is 80.6 Å². The van der Waals surface area contributed by atoms with Crippen LogP contribution in [0.3, 0.4) is 0 Å². The van der Waals surface area contributed by atoms with E-state index in [2.05, 4.69) is 25.7 Å². The van der Waals surface area contributed by atoms with Gasteiger partial charge in [0.25, 0.3) is 0 Å². The molecule has 4 heteroatoms. The van der Waals surface area contributed by atoms with Crippen LogP contribution in [-0.2, 0) is 0 Å². The Morgan fingerprint density at radius 3 is 2.90 bits per heavy atom. The van der Waals surface area contributed by atoms with E-state index < -0.39 is 0 Å². The molecule has 112 valence electrons. The Bertz CT molecular complexity index is 442. The first-order chi connectivity index (χ1) is 9.71. The highest BCUT2D eigenvalue weighted by atomic mass is 32.1. The second-order valence-electron chi connectivity index (χ2n) is 5.80. The lowest BCUT2D eigenvalue weighted by atomic mass is 9.99. The fraction of sp³-hybridized carbons (Fsp3) is 0.750. The van der Waals surface area contributed by atoms with Crippen LogP contribution in [0.2, 0.25) is 0 Å². The summed E-state index contributed by atoms with van der Waals surface area (Å²) in [5.74, 6) is 0.370. The molecule has 1 aliphatic heterocycles. The Morgan fingerprint density at radius 2 is 2.25 bits per heavy atom. The third kappa shape index (κ3) is 3.22. The zero-order valence-electron chi connectivity index (χ0n) is 12.9. The van der Waals surface area contributed by atoms with Crippen LogP contribution in [-0.4, -0.2) is 23.9 Å². The van der Waals surface area contributed by atoms with Gasteiger partial charge in [0.2, 0.25) is 0 Å². The maximum absolute atomic E-state index is 11.3. The topological polar surface area (TPSA) is 33.2 Å². The van der Waals surface area contributed by atoms with Crippen molar-refractivity contribution in [3.8, 4) is 0 Å². The summed E-state index contributed by atoms with van der Waals surface area (Å²) < 4.78 is 0. The molecule has 0 amide bonds. The fourth-order valence-corrected chi connectivity index (χ4v) is 4.07. The van der Waals surface area contributed by atoms with Gasteiger partial charge in [-0.25, -0.2) is 4.98 Å². The molecule has 0 bridgehead atoms. The van der Waals surface area contributed by atoms with Gasteiger partial charge in [-0.2, -0.15) is 0 Å². The molecular formula is C16H26N2OS. The van der Waals surface area contributed by atoms with Gasteiger partial charge in [-0.15, -0.1) is 0 Å². The molecule has 0 aliphatic carbocycles. The summed E-state index contributed by atoms with van der Waals surface area (Å²) in [6.07, 6.45) is 8.30. The van der Waals surface area contributed by atoms with Crippen LogP contribution < -0.4 is 4.90 Å². The van der Waals surface area contributed by atoms with E-state index in [0.717, 1.165) is 35.0 Å². The van der Waals surface area contributed by atoms with Crippen molar-refractivity contribution < 1.29 is 4.79 Å². The summed E-state index contributed by atoms with van der Waals surface area (Å²) in [4.78, 5) is 19.4. The number of nitrogens with zero attached hydrogens (tertiary/aromatic N) is 2. The Balaban J connectivity index is 2.26. The normalized spacial score (nSPS) is 20.9. The summed E-state index contributed by atoms with van der Waals surface area (Å²) in [6, 6.07) is 0.615. The zero-order valence-corrected chi connectivity index (χ0v) is 13.7. The van der Waals surface area contributed by atoms with Crippen molar-refractivity contribution in [1.82, 2.24) is 4.98 Å². The number of rotatable bonds is 6. The molecule has 20 heavy (non-hydrogen) atoms. The maximum Gasteiger partial charge on any atom is 0.186 e. The quantitative estimate of drug-likeness (QED) is 0.717. The second-order valence-corrected chi connectivity index (χ2v) is 6.81. The molecule has 0 aromatic carbocycles. The van der Waals surface area contributed by atoms with E-state index in [1.807, 2.05) is 0 Å². The number of hydrogen-bond donors (Lipinski definition) is 0. The monoisotopic (exact) mass is 294 g/mol. The summed E-state index contributed by atoms with van der Waals surface area (Å²) in [5, 5.41) is 1.07. The standard InChI is InChI=1S/C16H26N2OS/c1-4-8-13-9-6-7-10-18(13)16-17-15(12(3)5-2)14(11-19)20-16/h11-13H,4-10H2,1-3H3. The molecule has 3 nitrogen and oxygen atoms in total. The van der Waals surface area contributed by atoms with Crippen LogP contribution >= 0.6 is 11.3 Å². The van der Waals surface area contributed by atoms with Crippen molar-refractivity contribution in [2.24, 2.45) is 0 Å². The highest BCUT2D eigenvalue weighted by Crippen LogP contribution is 2.35. The van der Waals surface area contributed by atoms with E-state index in [4.69, 9.17) is 4.98 Å². The highest BCUT2D eigenvalue weighted by Gasteiger charge is 2.26. The molecule has 2 heterocycles. The Labute approximate surface area is 126 Å². The first-order valence-electron chi connectivity index (χ1n) is 7.93. The molecule has 0 saturated carbocycles. The smallest absolute Gasteiger partial charge is 0.186 e. The molecule has 2 rings (SSSR count). The summed E-state index contributed by atoms with van der Waals surface area (Å²) in [7, 11) is 0. The number of carbonyl (C=O) groups is 1. The molecule has 0 N–H and O–H groups in total. The van der Waals surface area contributed by atoms with Gasteiger partial charge in [-0.05, 0) is 38.0 Å². The molecule has 1 aromatic rings. The Kier molecular flexibility index (Phi) is 5.58. The Hall–Kier alpha value is -0.900. The molecule has 1 aliphatic rings. The first kappa shape index (κ1) is 15.5. The number of piperidine rings is 1. The molecular weight excluding hydrogens is 268 g/mol. The van der Waals surface area contributed by atoms with Crippen molar-refractivity contribution in [2.45, 2.75) is 71.3 Å². The van der Waals surface area contributed by atoms with Gasteiger partial charge < -0.3 is 4.90 Å². The van der Waals surface area contributed by atoms with Crippen LogP contribution in [0, 0.1) is 0 Å². The van der Waals surface area contributed by atoms with Gasteiger partial charge in [0, 0.05) is 12.6 Å². The minimum Gasteiger partial charge on any atom is -0.345 e. The molecule has 1 saturated heterocycles. The van der Waals surface area contributed by atoms with E-state index in [-0.39, 0.29) is 0 Å².